The summed E-state index contributed by atoms with van der Waals surface area (Å²) in [4.78, 5) is 31.2. The van der Waals surface area contributed by atoms with Crippen LogP contribution in [0.25, 0.3) is 11.2 Å². The number of halogens is 1. The number of hydrogen-bond acceptors (Lipinski definition) is 6. The summed E-state index contributed by atoms with van der Waals surface area (Å²) >= 11 is 3.38. The fourth-order valence-electron chi connectivity index (χ4n) is 3.16. The third kappa shape index (κ3) is 4.35. The smallest absolute Gasteiger partial charge is 0.329 e. The summed E-state index contributed by atoms with van der Waals surface area (Å²) in [5, 5.41) is 14.9. The molecule has 31 heavy (non-hydrogen) atoms. The zero-order valence-corrected chi connectivity index (χ0v) is 18.1. The molecule has 0 radical (unpaired) electrons. The maximum absolute atomic E-state index is 12.5. The lowest BCUT2D eigenvalue weighted by atomic mass is 10.1. The van der Waals surface area contributed by atoms with Crippen molar-refractivity contribution in [1.29, 1.82) is 0 Å². The van der Waals surface area contributed by atoms with Crippen LogP contribution in [0.2, 0.25) is 0 Å². The van der Waals surface area contributed by atoms with Crippen LogP contribution in [0, 0.1) is 0 Å². The van der Waals surface area contributed by atoms with Crippen LogP contribution in [-0.4, -0.2) is 30.4 Å². The monoisotopic (exact) mass is 482 g/mol. The molecule has 0 spiro atoms. The van der Waals surface area contributed by atoms with E-state index in [1.807, 2.05) is 42.5 Å². The summed E-state index contributed by atoms with van der Waals surface area (Å²) in [6, 6.07) is 16.6. The first kappa shape index (κ1) is 20.8. The molecule has 4 rings (SSSR count). The van der Waals surface area contributed by atoms with Crippen LogP contribution in [0.15, 0.2) is 73.8 Å². The van der Waals surface area contributed by atoms with Crippen LogP contribution in [0.3, 0.4) is 0 Å². The van der Waals surface area contributed by atoms with E-state index in [0.29, 0.717) is 5.56 Å². The van der Waals surface area contributed by atoms with E-state index in [0.717, 1.165) is 10.0 Å². The van der Waals surface area contributed by atoms with Gasteiger partial charge in [-0.25, -0.2) is 10.2 Å². The predicted octanol–water partition coefficient (Wildman–Crippen LogP) is 2.37. The van der Waals surface area contributed by atoms with Crippen LogP contribution in [0.4, 0.5) is 5.95 Å². The number of hydrogen-bond donors (Lipinski definition) is 3. The summed E-state index contributed by atoms with van der Waals surface area (Å²) in [7, 11) is 1.51. The van der Waals surface area contributed by atoms with Crippen molar-refractivity contribution >= 4 is 39.3 Å². The van der Waals surface area contributed by atoms with Crippen molar-refractivity contribution in [2.45, 2.75) is 12.6 Å². The van der Waals surface area contributed by atoms with Crippen LogP contribution < -0.4 is 16.7 Å². The van der Waals surface area contributed by atoms with Gasteiger partial charge in [-0.05, 0) is 23.3 Å². The van der Waals surface area contributed by atoms with Crippen molar-refractivity contribution in [1.82, 2.24) is 19.1 Å². The molecule has 2 aromatic heterocycles. The van der Waals surface area contributed by atoms with Gasteiger partial charge in [0, 0.05) is 11.5 Å². The summed E-state index contributed by atoms with van der Waals surface area (Å²) in [5.74, 6) is 0.227. The van der Waals surface area contributed by atoms with Crippen LogP contribution in [0.1, 0.15) is 17.2 Å². The Balaban J connectivity index is 1.74. The maximum atomic E-state index is 12.5. The van der Waals surface area contributed by atoms with Crippen LogP contribution >= 0.6 is 15.9 Å². The average molecular weight is 483 g/mol. The van der Waals surface area contributed by atoms with Gasteiger partial charge in [-0.15, -0.1) is 0 Å². The number of fused-ring (bicyclic) bond motifs is 1. The molecule has 0 fully saturated rings. The van der Waals surface area contributed by atoms with E-state index in [9.17, 15) is 14.7 Å². The Morgan fingerprint density at radius 2 is 1.90 bits per heavy atom. The molecule has 0 unspecified atom stereocenters. The van der Waals surface area contributed by atoms with Gasteiger partial charge in [0.25, 0.3) is 5.56 Å². The number of H-pyrrole nitrogens is 1. The molecule has 0 saturated heterocycles. The summed E-state index contributed by atoms with van der Waals surface area (Å²) in [6.45, 7) is 0.0396. The second kappa shape index (κ2) is 8.70. The average Bonchev–Trinajstić information content (AvgIpc) is 3.13. The Kier molecular flexibility index (Phi) is 5.83. The Hall–Kier alpha value is -3.50. The molecule has 9 nitrogen and oxygen atoms in total. The second-order valence-electron chi connectivity index (χ2n) is 6.88. The van der Waals surface area contributed by atoms with E-state index in [2.05, 4.69) is 36.4 Å². The molecule has 4 aromatic rings. The summed E-state index contributed by atoms with van der Waals surface area (Å²) in [5.41, 5.74) is 3.57. The van der Waals surface area contributed by atoms with Gasteiger partial charge in [-0.3, -0.25) is 18.9 Å². The Morgan fingerprint density at radius 1 is 1.19 bits per heavy atom. The van der Waals surface area contributed by atoms with Gasteiger partial charge < -0.3 is 5.11 Å². The lowest BCUT2D eigenvalue weighted by Gasteiger charge is -2.14. The molecular formula is C21H19BrN6O3. The maximum Gasteiger partial charge on any atom is 0.329 e. The molecule has 1 atom stereocenters. The van der Waals surface area contributed by atoms with Gasteiger partial charge in [-0.1, -0.05) is 58.4 Å². The minimum atomic E-state index is -0.897. The molecule has 3 N–H and O–H groups in total. The lowest BCUT2D eigenvalue weighted by Crippen LogP contribution is -2.29. The zero-order valence-electron chi connectivity index (χ0n) is 16.5. The van der Waals surface area contributed by atoms with Gasteiger partial charge in [0.05, 0.1) is 18.9 Å². The molecule has 0 bridgehead atoms. The largest absolute Gasteiger partial charge is 0.387 e. The number of nitrogens with zero attached hydrogens (tertiary/aromatic N) is 4. The lowest BCUT2D eigenvalue weighted by molar-refractivity contribution is 0.158. The van der Waals surface area contributed by atoms with E-state index >= 15 is 0 Å². The van der Waals surface area contributed by atoms with Crippen molar-refractivity contribution in [2.75, 3.05) is 5.43 Å². The number of nitrogens with one attached hydrogen (secondary N) is 2. The van der Waals surface area contributed by atoms with Gasteiger partial charge in [0.15, 0.2) is 11.2 Å². The Labute approximate surface area is 184 Å². The van der Waals surface area contributed by atoms with Gasteiger partial charge in [0.2, 0.25) is 5.95 Å². The molecule has 0 aliphatic carbocycles. The minimum Gasteiger partial charge on any atom is -0.387 e. The second-order valence-corrected chi connectivity index (χ2v) is 7.80. The van der Waals surface area contributed by atoms with Crippen molar-refractivity contribution in [3.63, 3.8) is 0 Å². The summed E-state index contributed by atoms with van der Waals surface area (Å²) < 4.78 is 3.71. The van der Waals surface area contributed by atoms with Gasteiger partial charge in [-0.2, -0.15) is 10.1 Å². The highest BCUT2D eigenvalue weighted by molar-refractivity contribution is 9.10. The Bertz CT molecular complexity index is 1360. The number of anilines is 1. The fourth-order valence-corrected chi connectivity index (χ4v) is 3.43. The number of aliphatic hydroxyl groups is 1. The SMILES string of the molecule is Cn1c(=O)[nH]c(=O)c2c1nc(N/N=C\c1ccc(Br)cc1)n2C[C@H](O)c1ccccc1. The van der Waals surface area contributed by atoms with E-state index < -0.39 is 17.4 Å². The van der Waals surface area contributed by atoms with Crippen molar-refractivity contribution in [3.05, 3.63) is 91.0 Å². The molecule has 2 aromatic carbocycles. The highest BCUT2D eigenvalue weighted by atomic mass is 79.9. The summed E-state index contributed by atoms with van der Waals surface area (Å²) in [6.07, 6.45) is 0.707. The number of aromatic amines is 1. The van der Waals surface area contributed by atoms with Gasteiger partial charge in [0.1, 0.15) is 0 Å². The normalized spacial score (nSPS) is 12.5. The molecule has 158 valence electrons. The first-order chi connectivity index (χ1) is 14.9. The van der Waals surface area contributed by atoms with Gasteiger partial charge >= 0.3 is 5.69 Å². The van der Waals surface area contributed by atoms with E-state index in [-0.39, 0.29) is 23.7 Å². The highest BCUT2D eigenvalue weighted by Crippen LogP contribution is 2.21. The van der Waals surface area contributed by atoms with E-state index in [4.69, 9.17) is 0 Å². The highest BCUT2D eigenvalue weighted by Gasteiger charge is 2.20. The third-order valence-electron chi connectivity index (χ3n) is 4.80. The number of rotatable bonds is 6. The van der Waals surface area contributed by atoms with Crippen molar-refractivity contribution < 1.29 is 5.11 Å². The standard InChI is InChI=1S/C21H19BrN6O3/c1-27-18-17(19(30)25-21(27)31)28(12-16(29)14-5-3-2-4-6-14)20(24-18)26-23-11-13-7-9-15(22)10-8-13/h2-11,16,29H,12H2,1H3,(H,24,26)(H,25,30,31)/b23-11-/t16-/m0/s1. The predicted molar refractivity (Wildman–Crippen MR) is 122 cm³/mol. The first-order valence-electron chi connectivity index (χ1n) is 9.41. The fraction of sp³-hybridized carbons (Fsp3) is 0.143. The van der Waals surface area contributed by atoms with E-state index in [1.165, 1.54) is 16.2 Å². The number of aromatic nitrogens is 4. The molecular weight excluding hydrogens is 464 g/mol. The molecule has 0 aliphatic heterocycles. The topological polar surface area (TPSA) is 117 Å². The molecule has 0 aliphatic rings. The minimum absolute atomic E-state index is 0.0396. The van der Waals surface area contributed by atoms with Crippen molar-refractivity contribution in [3.8, 4) is 0 Å². The number of imidazole rings is 1. The number of aryl methyl sites for hydroxylation is 1. The number of aliphatic hydroxyl groups excluding tert-OH is 1. The number of benzene rings is 2. The van der Waals surface area contributed by atoms with Crippen molar-refractivity contribution in [2.24, 2.45) is 12.1 Å². The zero-order chi connectivity index (χ0) is 22.0. The van der Waals surface area contributed by atoms with Crippen LogP contribution in [0.5, 0.6) is 0 Å². The molecule has 2 heterocycles. The first-order valence-corrected chi connectivity index (χ1v) is 10.2. The quantitative estimate of drug-likeness (QED) is 0.288. The van der Waals surface area contributed by atoms with E-state index in [1.54, 1.807) is 18.3 Å². The Morgan fingerprint density at radius 3 is 2.61 bits per heavy atom. The van der Waals surface area contributed by atoms with Crippen LogP contribution in [-0.2, 0) is 13.6 Å². The molecule has 0 saturated carbocycles. The third-order valence-corrected chi connectivity index (χ3v) is 5.32. The molecule has 0 amide bonds. The number of hydrazone groups is 1. The molecule has 10 heteroatoms.